The zero-order valence-corrected chi connectivity index (χ0v) is 10.8. The molecule has 0 aromatic carbocycles. The van der Waals surface area contributed by atoms with E-state index in [0.29, 0.717) is 0 Å². The quantitative estimate of drug-likeness (QED) is 0.310. The van der Waals surface area contributed by atoms with E-state index in [0.717, 1.165) is 6.08 Å². The van der Waals surface area contributed by atoms with Gasteiger partial charge in [-0.05, 0) is 6.08 Å². The normalized spacial score (nSPS) is 28.9. The Morgan fingerprint density at radius 2 is 2.10 bits per heavy atom. The number of carbonyl (C=O) groups is 2. The molecule has 9 nitrogen and oxygen atoms in total. The minimum atomic E-state index is -1.62. The highest BCUT2D eigenvalue weighted by molar-refractivity contribution is 5.84. The Balaban J connectivity index is 3.04. The number of carboxylic acids is 1. The first kappa shape index (κ1) is 16.4. The van der Waals surface area contributed by atoms with Crippen molar-refractivity contribution in [1.29, 1.82) is 0 Å². The number of rotatable bonds is 5. The van der Waals surface area contributed by atoms with Gasteiger partial charge in [0.1, 0.15) is 18.3 Å². The molecule has 0 aliphatic carbocycles. The van der Waals surface area contributed by atoms with E-state index >= 15 is 0 Å². The van der Waals surface area contributed by atoms with E-state index < -0.39 is 54.6 Å². The average molecular weight is 290 g/mol. The lowest BCUT2D eigenvalue weighted by atomic mass is 9.92. The number of carboxylic acid groups (broad SMARTS) is 1. The van der Waals surface area contributed by atoms with Crippen LogP contribution in [-0.2, 0) is 14.3 Å². The third kappa shape index (κ3) is 3.67. The van der Waals surface area contributed by atoms with Gasteiger partial charge >= 0.3 is 5.97 Å². The van der Waals surface area contributed by atoms with E-state index in [2.05, 4.69) is 5.32 Å². The van der Waals surface area contributed by atoms with Crippen LogP contribution in [0.1, 0.15) is 6.92 Å². The van der Waals surface area contributed by atoms with E-state index in [1.807, 2.05) is 0 Å². The first-order chi connectivity index (χ1) is 9.27. The number of ether oxygens (including phenoxy) is 1. The summed E-state index contributed by atoms with van der Waals surface area (Å²) in [4.78, 5) is 22.0. The van der Waals surface area contributed by atoms with Gasteiger partial charge in [-0.15, -0.1) is 0 Å². The minimum Gasteiger partial charge on any atom is -0.478 e. The summed E-state index contributed by atoms with van der Waals surface area (Å²) in [6, 6.07) is -1.86. The average Bonchev–Trinajstić information content (AvgIpc) is 2.38. The van der Waals surface area contributed by atoms with Crippen LogP contribution in [0.25, 0.3) is 0 Å². The van der Waals surface area contributed by atoms with Crippen LogP contribution in [0.4, 0.5) is 0 Å². The number of aliphatic hydroxyl groups excluding tert-OH is 3. The Morgan fingerprint density at radius 1 is 1.50 bits per heavy atom. The molecule has 0 unspecified atom stereocenters. The van der Waals surface area contributed by atoms with Gasteiger partial charge in [0.05, 0.1) is 18.7 Å². The number of aliphatic hydroxyl groups is 3. The van der Waals surface area contributed by atoms with Gasteiger partial charge in [-0.3, -0.25) is 4.79 Å². The molecule has 0 fully saturated rings. The van der Waals surface area contributed by atoms with Crippen LogP contribution in [0.3, 0.4) is 0 Å². The van der Waals surface area contributed by atoms with E-state index in [-0.39, 0.29) is 0 Å². The predicted octanol–water partition coefficient (Wildman–Crippen LogP) is -3.10. The summed E-state index contributed by atoms with van der Waals surface area (Å²) in [5.74, 6) is -2.34. The second-order valence-corrected chi connectivity index (χ2v) is 4.46. The lowest BCUT2D eigenvalue weighted by Crippen LogP contribution is -2.62. The Hall–Kier alpha value is -1.68. The molecule has 5 atom stereocenters. The zero-order chi connectivity index (χ0) is 15.4. The first-order valence-electron chi connectivity index (χ1n) is 5.89. The molecule has 0 saturated heterocycles. The number of amides is 1. The maximum atomic E-state index is 11.1. The fraction of sp³-hybridized carbons (Fsp3) is 0.636. The third-order valence-corrected chi connectivity index (χ3v) is 2.87. The number of aliphatic carboxylic acids is 1. The summed E-state index contributed by atoms with van der Waals surface area (Å²) in [5, 5.41) is 39.5. The Labute approximate surface area is 114 Å². The number of hydrogen-bond donors (Lipinski definition) is 6. The molecule has 0 aromatic rings. The standard InChI is InChI=1S/C11H18N2O7/c1-4(15)13-8-5(12)2-7(11(18)19)20-10(8)9(17)6(16)3-14/h2,5-6,8-10,14,16-17H,3,12H2,1H3,(H,13,15)(H,18,19)/t5-,6-,8-,9-,10-/m1/s1. The fourth-order valence-corrected chi connectivity index (χ4v) is 1.90. The molecular weight excluding hydrogens is 272 g/mol. The molecule has 0 aromatic heterocycles. The molecule has 7 N–H and O–H groups in total. The van der Waals surface area contributed by atoms with Gasteiger partial charge in [-0.1, -0.05) is 0 Å². The molecule has 0 bridgehead atoms. The molecule has 0 saturated carbocycles. The smallest absolute Gasteiger partial charge is 0.370 e. The highest BCUT2D eigenvalue weighted by Crippen LogP contribution is 2.21. The molecule has 1 amide bonds. The second-order valence-electron chi connectivity index (χ2n) is 4.46. The van der Waals surface area contributed by atoms with Crippen molar-refractivity contribution in [1.82, 2.24) is 5.32 Å². The molecule has 0 spiro atoms. The van der Waals surface area contributed by atoms with Crippen molar-refractivity contribution < 1.29 is 34.8 Å². The van der Waals surface area contributed by atoms with E-state index in [1.165, 1.54) is 6.92 Å². The van der Waals surface area contributed by atoms with Crippen molar-refractivity contribution in [3.8, 4) is 0 Å². The summed E-state index contributed by atoms with van der Waals surface area (Å²) >= 11 is 0. The molecular formula is C11H18N2O7. The van der Waals surface area contributed by atoms with Gasteiger partial charge in [0.2, 0.25) is 11.7 Å². The van der Waals surface area contributed by atoms with Crippen LogP contribution < -0.4 is 11.1 Å². The van der Waals surface area contributed by atoms with Crippen LogP contribution >= 0.6 is 0 Å². The lowest BCUT2D eigenvalue weighted by molar-refractivity contribution is -0.145. The summed E-state index contributed by atoms with van der Waals surface area (Å²) in [5.41, 5.74) is 5.74. The van der Waals surface area contributed by atoms with E-state index in [1.54, 1.807) is 0 Å². The fourth-order valence-electron chi connectivity index (χ4n) is 1.90. The number of nitrogens with two attached hydrogens (primary N) is 1. The van der Waals surface area contributed by atoms with Crippen molar-refractivity contribution >= 4 is 11.9 Å². The molecule has 1 aliphatic heterocycles. The maximum Gasteiger partial charge on any atom is 0.370 e. The number of carbonyl (C=O) groups excluding carboxylic acids is 1. The molecule has 1 rings (SSSR count). The van der Waals surface area contributed by atoms with E-state index in [9.17, 15) is 19.8 Å². The SMILES string of the molecule is CC(=O)N[C@H]1[C@H]([C@H](O)[C@H](O)CO)OC(C(=O)O)=C[C@H]1N. The molecule has 9 heteroatoms. The van der Waals surface area contributed by atoms with Crippen LogP contribution in [0.15, 0.2) is 11.8 Å². The molecule has 1 heterocycles. The molecule has 0 radical (unpaired) electrons. The van der Waals surface area contributed by atoms with Gasteiger partial charge in [-0.2, -0.15) is 0 Å². The largest absolute Gasteiger partial charge is 0.478 e. The van der Waals surface area contributed by atoms with E-state index in [4.69, 9.17) is 20.7 Å². The van der Waals surface area contributed by atoms with Gasteiger partial charge in [0.25, 0.3) is 0 Å². The maximum absolute atomic E-state index is 11.1. The summed E-state index contributed by atoms with van der Waals surface area (Å²) in [6.45, 7) is 0.463. The number of hydrogen-bond acceptors (Lipinski definition) is 7. The first-order valence-corrected chi connectivity index (χ1v) is 5.89. The van der Waals surface area contributed by atoms with Crippen molar-refractivity contribution in [2.24, 2.45) is 5.73 Å². The van der Waals surface area contributed by atoms with Gasteiger partial charge < -0.3 is 36.2 Å². The highest BCUT2D eigenvalue weighted by Gasteiger charge is 2.42. The summed E-state index contributed by atoms with van der Waals surface area (Å²) in [7, 11) is 0. The van der Waals surface area contributed by atoms with Gasteiger partial charge in [0.15, 0.2) is 0 Å². The van der Waals surface area contributed by atoms with Crippen molar-refractivity contribution in [2.45, 2.75) is 37.3 Å². The Bertz CT molecular complexity index is 412. The molecule has 1 aliphatic rings. The topological polar surface area (TPSA) is 162 Å². The molecule has 114 valence electrons. The van der Waals surface area contributed by atoms with Gasteiger partial charge in [0, 0.05) is 6.92 Å². The van der Waals surface area contributed by atoms with Crippen LogP contribution in [-0.4, -0.2) is 69.3 Å². The summed E-state index contributed by atoms with van der Waals surface area (Å²) < 4.78 is 5.06. The molecule has 20 heavy (non-hydrogen) atoms. The monoisotopic (exact) mass is 290 g/mol. The third-order valence-electron chi connectivity index (χ3n) is 2.87. The van der Waals surface area contributed by atoms with Crippen LogP contribution in [0, 0.1) is 0 Å². The Kier molecular flexibility index (Phi) is 5.45. The van der Waals surface area contributed by atoms with Crippen LogP contribution in [0.2, 0.25) is 0 Å². The van der Waals surface area contributed by atoms with Crippen LogP contribution in [0.5, 0.6) is 0 Å². The lowest BCUT2D eigenvalue weighted by Gasteiger charge is -2.38. The van der Waals surface area contributed by atoms with Crippen molar-refractivity contribution in [3.63, 3.8) is 0 Å². The Morgan fingerprint density at radius 3 is 2.55 bits per heavy atom. The predicted molar refractivity (Wildman–Crippen MR) is 65.3 cm³/mol. The van der Waals surface area contributed by atoms with Gasteiger partial charge in [-0.25, -0.2) is 4.79 Å². The summed E-state index contributed by atoms with van der Waals surface area (Å²) in [6.07, 6.45) is -3.38. The van der Waals surface area contributed by atoms with Crippen molar-refractivity contribution in [2.75, 3.05) is 6.61 Å². The second kappa shape index (κ2) is 6.66. The minimum absolute atomic E-state index is 0.461. The zero-order valence-electron chi connectivity index (χ0n) is 10.8. The van der Waals surface area contributed by atoms with Crippen molar-refractivity contribution in [3.05, 3.63) is 11.8 Å². The number of nitrogens with one attached hydrogen (secondary N) is 1. The highest BCUT2D eigenvalue weighted by atomic mass is 16.5.